The van der Waals surface area contributed by atoms with Crippen LogP contribution in [0.5, 0.6) is 0 Å². The Morgan fingerprint density at radius 2 is 2.04 bits per heavy atom. The molecule has 0 spiro atoms. The first kappa shape index (κ1) is 19.5. The minimum atomic E-state index is -0.158. The Morgan fingerprint density at radius 1 is 1.30 bits per heavy atom. The van der Waals surface area contributed by atoms with Crippen LogP contribution in [0.4, 0.5) is 10.5 Å². The molecule has 1 fully saturated rings. The fraction of sp³-hybridized carbons (Fsp3) is 0.400. The summed E-state index contributed by atoms with van der Waals surface area (Å²) < 4.78 is 6.46. The molecule has 1 aromatic heterocycles. The molecule has 27 heavy (non-hydrogen) atoms. The van der Waals surface area contributed by atoms with Crippen molar-refractivity contribution in [1.29, 1.82) is 0 Å². The SMILES string of the molecule is CC(=O)N1CCC(N(Cc2ccco2)C(=O)Nc2ccc(Br)c(C)c2)CC1. The highest BCUT2D eigenvalue weighted by atomic mass is 79.9. The molecule has 0 saturated carbocycles. The van der Waals surface area contributed by atoms with Crippen molar-refractivity contribution in [1.82, 2.24) is 9.80 Å². The third kappa shape index (κ3) is 4.91. The molecule has 0 atom stereocenters. The fourth-order valence-corrected chi connectivity index (χ4v) is 3.59. The number of halogens is 1. The third-order valence-electron chi connectivity index (χ3n) is 4.93. The highest BCUT2D eigenvalue weighted by Crippen LogP contribution is 2.23. The van der Waals surface area contributed by atoms with Crippen molar-refractivity contribution in [2.45, 2.75) is 39.3 Å². The van der Waals surface area contributed by atoms with E-state index in [0.29, 0.717) is 19.6 Å². The molecule has 0 radical (unpaired) electrons. The molecule has 1 aliphatic heterocycles. The maximum Gasteiger partial charge on any atom is 0.322 e. The number of anilines is 1. The lowest BCUT2D eigenvalue weighted by Gasteiger charge is -2.38. The number of amides is 3. The molecule has 2 heterocycles. The summed E-state index contributed by atoms with van der Waals surface area (Å²) in [6, 6.07) is 9.32. The summed E-state index contributed by atoms with van der Waals surface area (Å²) in [5.74, 6) is 0.826. The molecule has 6 nitrogen and oxygen atoms in total. The lowest BCUT2D eigenvalue weighted by atomic mass is 10.0. The molecule has 1 N–H and O–H groups in total. The van der Waals surface area contributed by atoms with Crippen molar-refractivity contribution >= 4 is 33.6 Å². The van der Waals surface area contributed by atoms with Gasteiger partial charge in [0.2, 0.25) is 5.91 Å². The number of carbonyl (C=O) groups is 2. The topological polar surface area (TPSA) is 65.8 Å². The summed E-state index contributed by atoms with van der Waals surface area (Å²) in [6.07, 6.45) is 3.13. The van der Waals surface area contributed by atoms with Gasteiger partial charge in [-0.2, -0.15) is 0 Å². The largest absolute Gasteiger partial charge is 0.467 e. The molecule has 3 amide bonds. The van der Waals surface area contributed by atoms with Crippen LogP contribution in [-0.4, -0.2) is 40.9 Å². The van der Waals surface area contributed by atoms with Gasteiger partial charge in [0.05, 0.1) is 12.8 Å². The Balaban J connectivity index is 1.73. The third-order valence-corrected chi connectivity index (χ3v) is 5.82. The summed E-state index contributed by atoms with van der Waals surface area (Å²) in [4.78, 5) is 28.3. The summed E-state index contributed by atoms with van der Waals surface area (Å²) in [7, 11) is 0. The number of nitrogens with zero attached hydrogens (tertiary/aromatic N) is 2. The van der Waals surface area contributed by atoms with Crippen molar-refractivity contribution in [2.75, 3.05) is 18.4 Å². The van der Waals surface area contributed by atoms with Crippen LogP contribution >= 0.6 is 15.9 Å². The van der Waals surface area contributed by atoms with E-state index in [1.807, 2.05) is 47.1 Å². The van der Waals surface area contributed by atoms with Crippen LogP contribution in [0.1, 0.15) is 31.1 Å². The molecule has 0 aliphatic carbocycles. The first-order valence-electron chi connectivity index (χ1n) is 9.05. The maximum atomic E-state index is 13.0. The van der Waals surface area contributed by atoms with Crippen LogP contribution in [0, 0.1) is 6.92 Å². The second-order valence-electron chi connectivity index (χ2n) is 6.84. The van der Waals surface area contributed by atoms with Gasteiger partial charge in [-0.15, -0.1) is 0 Å². The van der Waals surface area contributed by atoms with Gasteiger partial charge in [-0.1, -0.05) is 15.9 Å². The zero-order chi connectivity index (χ0) is 19.4. The summed E-state index contributed by atoms with van der Waals surface area (Å²) in [5.41, 5.74) is 1.81. The Kier molecular flexibility index (Phi) is 6.21. The molecular formula is C20H24BrN3O3. The van der Waals surface area contributed by atoms with E-state index in [4.69, 9.17) is 4.42 Å². The van der Waals surface area contributed by atoms with Gasteiger partial charge in [-0.05, 0) is 55.7 Å². The van der Waals surface area contributed by atoms with Gasteiger partial charge in [-0.25, -0.2) is 4.79 Å². The first-order chi connectivity index (χ1) is 12.9. The summed E-state index contributed by atoms with van der Waals surface area (Å²) in [6.45, 7) is 5.30. The lowest BCUT2D eigenvalue weighted by Crippen LogP contribution is -2.49. The number of nitrogens with one attached hydrogen (secondary N) is 1. The van der Waals surface area contributed by atoms with Gasteiger partial charge in [0.1, 0.15) is 5.76 Å². The highest BCUT2D eigenvalue weighted by Gasteiger charge is 2.29. The quantitative estimate of drug-likeness (QED) is 0.776. The minimum Gasteiger partial charge on any atom is -0.467 e. The standard InChI is InChI=1S/C20H24BrN3O3/c1-14-12-16(5-6-19(14)21)22-20(26)24(13-18-4-3-11-27-18)17-7-9-23(10-8-17)15(2)25/h3-6,11-12,17H,7-10,13H2,1-2H3,(H,22,26). The van der Waals surface area contributed by atoms with E-state index < -0.39 is 0 Å². The van der Waals surface area contributed by atoms with Crippen molar-refractivity contribution in [3.8, 4) is 0 Å². The second-order valence-corrected chi connectivity index (χ2v) is 7.69. The van der Waals surface area contributed by atoms with Gasteiger partial charge in [-0.3, -0.25) is 4.79 Å². The van der Waals surface area contributed by atoms with E-state index in [2.05, 4.69) is 21.2 Å². The van der Waals surface area contributed by atoms with E-state index in [1.165, 1.54) is 0 Å². The number of hydrogen-bond donors (Lipinski definition) is 1. The van der Waals surface area contributed by atoms with Crippen molar-refractivity contribution < 1.29 is 14.0 Å². The number of aryl methyl sites for hydroxylation is 1. The molecular weight excluding hydrogens is 410 g/mol. The number of urea groups is 1. The summed E-state index contributed by atoms with van der Waals surface area (Å²) in [5, 5.41) is 3.00. The molecule has 144 valence electrons. The molecule has 7 heteroatoms. The van der Waals surface area contributed by atoms with Crippen molar-refractivity contribution in [3.63, 3.8) is 0 Å². The fourth-order valence-electron chi connectivity index (χ4n) is 3.35. The zero-order valence-corrected chi connectivity index (χ0v) is 17.2. The summed E-state index contributed by atoms with van der Waals surface area (Å²) >= 11 is 3.48. The second kappa shape index (κ2) is 8.61. The van der Waals surface area contributed by atoms with Gasteiger partial charge in [0.25, 0.3) is 0 Å². The van der Waals surface area contributed by atoms with Crippen LogP contribution < -0.4 is 5.32 Å². The van der Waals surface area contributed by atoms with Crippen LogP contribution in [-0.2, 0) is 11.3 Å². The monoisotopic (exact) mass is 433 g/mol. The van der Waals surface area contributed by atoms with E-state index in [1.54, 1.807) is 13.2 Å². The maximum absolute atomic E-state index is 13.0. The number of piperidine rings is 1. The van der Waals surface area contributed by atoms with Crippen LogP contribution in [0.15, 0.2) is 45.5 Å². The Hall–Kier alpha value is -2.28. The number of hydrogen-bond acceptors (Lipinski definition) is 3. The van der Waals surface area contributed by atoms with E-state index in [9.17, 15) is 9.59 Å². The van der Waals surface area contributed by atoms with E-state index >= 15 is 0 Å². The molecule has 1 aliphatic rings. The van der Waals surface area contributed by atoms with Gasteiger partial charge in [0.15, 0.2) is 0 Å². The van der Waals surface area contributed by atoms with Gasteiger partial charge >= 0.3 is 6.03 Å². The first-order valence-corrected chi connectivity index (χ1v) is 9.85. The zero-order valence-electron chi connectivity index (χ0n) is 15.6. The Morgan fingerprint density at radius 3 is 2.63 bits per heavy atom. The van der Waals surface area contributed by atoms with Crippen LogP contribution in [0.2, 0.25) is 0 Å². The Labute approximate surface area is 167 Å². The Bertz CT molecular complexity index is 799. The van der Waals surface area contributed by atoms with E-state index in [-0.39, 0.29) is 18.0 Å². The number of benzene rings is 1. The number of likely N-dealkylation sites (tertiary alicyclic amines) is 1. The molecule has 0 unspecified atom stereocenters. The van der Waals surface area contributed by atoms with Crippen LogP contribution in [0.25, 0.3) is 0 Å². The smallest absolute Gasteiger partial charge is 0.322 e. The lowest BCUT2D eigenvalue weighted by molar-refractivity contribution is -0.130. The normalized spacial score (nSPS) is 14.9. The minimum absolute atomic E-state index is 0.0576. The van der Waals surface area contributed by atoms with E-state index in [0.717, 1.165) is 34.3 Å². The predicted octanol–water partition coefficient (Wildman–Crippen LogP) is 4.40. The van der Waals surface area contributed by atoms with Gasteiger partial charge in [0, 0.05) is 36.2 Å². The molecule has 0 bridgehead atoms. The number of carbonyl (C=O) groups excluding carboxylic acids is 2. The van der Waals surface area contributed by atoms with Crippen LogP contribution in [0.3, 0.4) is 0 Å². The molecule has 2 aromatic rings. The highest BCUT2D eigenvalue weighted by molar-refractivity contribution is 9.10. The molecule has 1 saturated heterocycles. The average Bonchev–Trinajstić information content (AvgIpc) is 3.16. The number of furan rings is 1. The molecule has 3 rings (SSSR count). The predicted molar refractivity (Wildman–Crippen MR) is 107 cm³/mol. The molecule has 1 aromatic carbocycles. The van der Waals surface area contributed by atoms with Crippen molar-refractivity contribution in [3.05, 3.63) is 52.4 Å². The average molecular weight is 434 g/mol. The van der Waals surface area contributed by atoms with Gasteiger partial charge < -0.3 is 19.5 Å². The van der Waals surface area contributed by atoms with Crippen molar-refractivity contribution in [2.24, 2.45) is 0 Å². The number of rotatable bonds is 4.